The first-order chi connectivity index (χ1) is 14.6. The minimum atomic E-state index is 0.108. The van der Waals surface area contributed by atoms with Gasteiger partial charge in [0, 0.05) is 51.0 Å². The van der Waals surface area contributed by atoms with Crippen LogP contribution in [0.2, 0.25) is 0 Å². The first kappa shape index (κ1) is 21.9. The Morgan fingerprint density at radius 2 is 1.50 bits per heavy atom. The van der Waals surface area contributed by atoms with Gasteiger partial charge in [-0.15, -0.1) is 0 Å². The number of hydrogen-bond acceptors (Lipinski definition) is 6. The monoisotopic (exact) mass is 413 g/mol. The first-order valence-electron chi connectivity index (χ1n) is 10.1. The van der Waals surface area contributed by atoms with Crippen LogP contribution in [0.15, 0.2) is 42.5 Å². The minimum Gasteiger partial charge on any atom is -0.493 e. The van der Waals surface area contributed by atoms with Crippen LogP contribution in [-0.4, -0.2) is 76.8 Å². The average Bonchev–Trinajstić information content (AvgIpc) is 2.79. The van der Waals surface area contributed by atoms with E-state index < -0.39 is 0 Å². The molecule has 0 aromatic heterocycles. The van der Waals surface area contributed by atoms with E-state index in [1.54, 1.807) is 26.2 Å². The van der Waals surface area contributed by atoms with Crippen molar-refractivity contribution in [3.8, 4) is 17.2 Å². The van der Waals surface area contributed by atoms with Crippen molar-refractivity contribution in [1.29, 1.82) is 0 Å². The van der Waals surface area contributed by atoms with Crippen LogP contribution in [0.3, 0.4) is 0 Å². The average molecular weight is 414 g/mol. The summed E-state index contributed by atoms with van der Waals surface area (Å²) in [7, 11) is 6.71. The summed E-state index contributed by atoms with van der Waals surface area (Å²) in [6, 6.07) is 13.7. The molecule has 2 aromatic carbocycles. The van der Waals surface area contributed by atoms with E-state index in [0.29, 0.717) is 23.8 Å². The van der Waals surface area contributed by atoms with Gasteiger partial charge in [0.25, 0.3) is 0 Å². The molecule has 1 aliphatic rings. The number of carbonyl (C=O) groups excluding carboxylic acids is 1. The molecule has 0 saturated carbocycles. The molecule has 0 spiro atoms. The zero-order valence-corrected chi connectivity index (χ0v) is 18.3. The number of para-hydroxylation sites is 1. The Hall–Kier alpha value is -2.77. The van der Waals surface area contributed by atoms with Crippen LogP contribution in [0.1, 0.15) is 5.56 Å². The van der Waals surface area contributed by atoms with Gasteiger partial charge in [-0.1, -0.05) is 24.3 Å². The second kappa shape index (κ2) is 10.3. The van der Waals surface area contributed by atoms with E-state index in [2.05, 4.69) is 9.80 Å². The molecular weight excluding hydrogens is 382 g/mol. The van der Waals surface area contributed by atoms with Crippen molar-refractivity contribution in [3.05, 3.63) is 48.0 Å². The highest BCUT2D eigenvalue weighted by Crippen LogP contribution is 2.40. The van der Waals surface area contributed by atoms with Crippen molar-refractivity contribution in [2.24, 2.45) is 0 Å². The van der Waals surface area contributed by atoms with Crippen molar-refractivity contribution >= 4 is 11.6 Å². The Bertz CT molecular complexity index is 836. The molecule has 0 aliphatic carbocycles. The van der Waals surface area contributed by atoms with Crippen molar-refractivity contribution in [2.75, 3.05) is 66.0 Å². The maximum atomic E-state index is 12.6. The molecule has 0 bridgehead atoms. The number of likely N-dealkylation sites (N-methyl/N-ethyl adjacent to an activating group) is 1. The molecule has 1 fully saturated rings. The number of benzene rings is 2. The molecule has 7 heteroatoms. The zero-order valence-electron chi connectivity index (χ0n) is 18.3. The summed E-state index contributed by atoms with van der Waals surface area (Å²) >= 11 is 0. The molecule has 1 amide bonds. The van der Waals surface area contributed by atoms with Gasteiger partial charge >= 0.3 is 0 Å². The third-order valence-electron chi connectivity index (χ3n) is 5.52. The molecule has 2 aromatic rings. The molecular formula is C23H31N3O4. The van der Waals surface area contributed by atoms with Crippen molar-refractivity contribution < 1.29 is 19.0 Å². The third-order valence-corrected chi connectivity index (χ3v) is 5.52. The SMILES string of the molecule is COc1ccc(CN2CCN(CC(=O)N(C)c3ccccc3)CC2)c(OC)c1OC. The van der Waals surface area contributed by atoms with E-state index in [9.17, 15) is 4.79 Å². The molecule has 162 valence electrons. The molecule has 3 rings (SSSR count). The summed E-state index contributed by atoms with van der Waals surface area (Å²) in [6.07, 6.45) is 0. The van der Waals surface area contributed by atoms with Gasteiger partial charge in [-0.25, -0.2) is 0 Å². The topological polar surface area (TPSA) is 54.5 Å². The predicted molar refractivity (Wildman–Crippen MR) is 118 cm³/mol. The maximum absolute atomic E-state index is 12.6. The first-order valence-corrected chi connectivity index (χ1v) is 10.1. The number of methoxy groups -OCH3 is 3. The normalized spacial score (nSPS) is 14.9. The fourth-order valence-corrected chi connectivity index (χ4v) is 3.73. The van der Waals surface area contributed by atoms with Crippen molar-refractivity contribution in [1.82, 2.24) is 9.80 Å². The Balaban J connectivity index is 1.55. The summed E-state index contributed by atoms with van der Waals surface area (Å²) in [6.45, 7) is 4.67. The number of piperazine rings is 1. The molecule has 1 aliphatic heterocycles. The number of hydrogen-bond donors (Lipinski definition) is 0. The Labute approximate surface area is 178 Å². The van der Waals surface area contributed by atoms with Gasteiger partial charge in [0.15, 0.2) is 11.5 Å². The smallest absolute Gasteiger partial charge is 0.240 e. The molecule has 1 heterocycles. The van der Waals surface area contributed by atoms with Crippen LogP contribution >= 0.6 is 0 Å². The number of carbonyl (C=O) groups is 1. The zero-order chi connectivity index (χ0) is 21.5. The van der Waals surface area contributed by atoms with E-state index in [0.717, 1.165) is 44.0 Å². The fourth-order valence-electron chi connectivity index (χ4n) is 3.73. The molecule has 0 radical (unpaired) electrons. The van der Waals surface area contributed by atoms with E-state index in [4.69, 9.17) is 14.2 Å². The van der Waals surface area contributed by atoms with E-state index in [1.165, 1.54) is 0 Å². The highest BCUT2D eigenvalue weighted by molar-refractivity contribution is 5.94. The number of anilines is 1. The van der Waals surface area contributed by atoms with E-state index >= 15 is 0 Å². The highest BCUT2D eigenvalue weighted by atomic mass is 16.5. The number of rotatable bonds is 8. The molecule has 7 nitrogen and oxygen atoms in total. The van der Waals surface area contributed by atoms with Crippen LogP contribution in [0.5, 0.6) is 17.2 Å². The van der Waals surface area contributed by atoms with Crippen LogP contribution in [0.4, 0.5) is 5.69 Å². The lowest BCUT2D eigenvalue weighted by molar-refractivity contribution is -0.119. The van der Waals surface area contributed by atoms with Crippen LogP contribution in [0, 0.1) is 0 Å². The molecule has 1 saturated heterocycles. The summed E-state index contributed by atoms with van der Waals surface area (Å²) in [5, 5.41) is 0. The third kappa shape index (κ3) is 5.04. The Morgan fingerprint density at radius 3 is 2.10 bits per heavy atom. The van der Waals surface area contributed by atoms with E-state index in [1.807, 2.05) is 49.5 Å². The summed E-state index contributed by atoms with van der Waals surface area (Å²) < 4.78 is 16.5. The van der Waals surface area contributed by atoms with Crippen LogP contribution in [-0.2, 0) is 11.3 Å². The number of ether oxygens (including phenoxy) is 3. The van der Waals surface area contributed by atoms with Crippen molar-refractivity contribution in [3.63, 3.8) is 0 Å². The lowest BCUT2D eigenvalue weighted by Crippen LogP contribution is -2.49. The lowest BCUT2D eigenvalue weighted by atomic mass is 10.1. The summed E-state index contributed by atoms with van der Waals surface area (Å²) in [5.41, 5.74) is 1.98. The summed E-state index contributed by atoms with van der Waals surface area (Å²) in [4.78, 5) is 18.9. The number of amides is 1. The molecule has 30 heavy (non-hydrogen) atoms. The standard InChI is InChI=1S/C23H31N3O4/c1-24(19-8-6-5-7-9-19)21(27)17-26-14-12-25(13-15-26)16-18-10-11-20(28-2)23(30-4)22(18)29-3/h5-11H,12-17H2,1-4H3. The van der Waals surface area contributed by atoms with Gasteiger partial charge < -0.3 is 19.1 Å². The van der Waals surface area contributed by atoms with Gasteiger partial charge in [0.2, 0.25) is 11.7 Å². The molecule has 0 unspecified atom stereocenters. The lowest BCUT2D eigenvalue weighted by Gasteiger charge is -2.35. The van der Waals surface area contributed by atoms with Gasteiger partial charge in [-0.05, 0) is 18.2 Å². The van der Waals surface area contributed by atoms with Gasteiger partial charge in [-0.3, -0.25) is 14.6 Å². The number of nitrogens with zero attached hydrogens (tertiary/aromatic N) is 3. The highest BCUT2D eigenvalue weighted by Gasteiger charge is 2.23. The van der Waals surface area contributed by atoms with Crippen LogP contribution < -0.4 is 19.1 Å². The van der Waals surface area contributed by atoms with Crippen molar-refractivity contribution in [2.45, 2.75) is 6.54 Å². The van der Waals surface area contributed by atoms with Crippen LogP contribution in [0.25, 0.3) is 0 Å². The predicted octanol–water partition coefficient (Wildman–Crippen LogP) is 2.49. The fraction of sp³-hybridized carbons (Fsp3) is 0.435. The minimum absolute atomic E-state index is 0.108. The molecule has 0 atom stereocenters. The second-order valence-electron chi connectivity index (χ2n) is 7.33. The second-order valence-corrected chi connectivity index (χ2v) is 7.33. The summed E-state index contributed by atoms with van der Waals surface area (Å²) in [5.74, 6) is 2.09. The van der Waals surface area contributed by atoms with Gasteiger partial charge in [0.1, 0.15) is 0 Å². The Morgan fingerprint density at radius 1 is 0.867 bits per heavy atom. The largest absolute Gasteiger partial charge is 0.493 e. The maximum Gasteiger partial charge on any atom is 0.240 e. The van der Waals surface area contributed by atoms with E-state index in [-0.39, 0.29) is 5.91 Å². The quantitative estimate of drug-likeness (QED) is 0.663. The van der Waals surface area contributed by atoms with Gasteiger partial charge in [-0.2, -0.15) is 0 Å². The van der Waals surface area contributed by atoms with Gasteiger partial charge in [0.05, 0.1) is 27.9 Å². The Kier molecular flexibility index (Phi) is 7.54. The molecule has 0 N–H and O–H groups in total.